The molecule has 0 amide bonds. The van der Waals surface area contributed by atoms with Crippen molar-refractivity contribution in [2.24, 2.45) is 5.10 Å². The topological polar surface area (TPSA) is 83.0 Å². The zero-order valence-corrected chi connectivity index (χ0v) is 13.6. The molecular formula is C16H21N3O3S. The van der Waals surface area contributed by atoms with Crippen LogP contribution in [0.2, 0.25) is 0 Å². The van der Waals surface area contributed by atoms with E-state index in [0.29, 0.717) is 16.9 Å². The van der Waals surface area contributed by atoms with Crippen LogP contribution < -0.4 is 15.5 Å². The Hall–Kier alpha value is -2.15. The van der Waals surface area contributed by atoms with Crippen LogP contribution in [0.5, 0.6) is 5.75 Å². The Labute approximate surface area is 140 Å². The number of carbonyl (C=O) groups is 1. The van der Waals surface area contributed by atoms with Crippen molar-refractivity contribution in [3.63, 3.8) is 0 Å². The van der Waals surface area contributed by atoms with Crippen LogP contribution >= 0.6 is 12.2 Å². The molecule has 1 aromatic rings. The highest BCUT2D eigenvalue weighted by atomic mass is 32.1. The molecule has 23 heavy (non-hydrogen) atoms. The van der Waals surface area contributed by atoms with Crippen molar-refractivity contribution < 1.29 is 14.6 Å². The lowest BCUT2D eigenvalue weighted by Gasteiger charge is -2.23. The zero-order valence-electron chi connectivity index (χ0n) is 12.8. The standard InChI is InChI=1S/C16H21N3O3S/c20-15(21)11-22-14-8-6-12(7-9-14)10-17-19-16(23)18-13-4-2-1-3-5-13/h6-10,13H,1-5,11H2,(H,20,21)(H2,18,19,23)/b17-10-. The van der Waals surface area contributed by atoms with Crippen LogP contribution in [0.3, 0.4) is 0 Å². The van der Waals surface area contributed by atoms with Gasteiger partial charge in [-0.25, -0.2) is 4.79 Å². The van der Waals surface area contributed by atoms with E-state index in [0.717, 1.165) is 18.4 Å². The van der Waals surface area contributed by atoms with Crippen LogP contribution in [0.4, 0.5) is 0 Å². The van der Waals surface area contributed by atoms with Crippen molar-refractivity contribution in [1.82, 2.24) is 10.7 Å². The molecule has 1 aromatic carbocycles. The number of nitrogens with one attached hydrogen (secondary N) is 2. The smallest absolute Gasteiger partial charge is 0.341 e. The maximum Gasteiger partial charge on any atom is 0.341 e. The fourth-order valence-corrected chi connectivity index (χ4v) is 2.64. The van der Waals surface area contributed by atoms with E-state index in [9.17, 15) is 4.79 Å². The maximum absolute atomic E-state index is 10.4. The van der Waals surface area contributed by atoms with Crippen molar-refractivity contribution in [3.8, 4) is 5.75 Å². The van der Waals surface area contributed by atoms with E-state index in [1.807, 2.05) is 0 Å². The van der Waals surface area contributed by atoms with Gasteiger partial charge in [0.05, 0.1) is 6.21 Å². The fraction of sp³-hybridized carbons (Fsp3) is 0.438. The summed E-state index contributed by atoms with van der Waals surface area (Å²) in [6, 6.07) is 7.43. The summed E-state index contributed by atoms with van der Waals surface area (Å²) >= 11 is 5.22. The molecule has 3 N–H and O–H groups in total. The highest BCUT2D eigenvalue weighted by Crippen LogP contribution is 2.17. The van der Waals surface area contributed by atoms with Gasteiger partial charge in [-0.3, -0.25) is 5.43 Å². The monoisotopic (exact) mass is 335 g/mol. The van der Waals surface area contributed by atoms with Gasteiger partial charge in [0.25, 0.3) is 0 Å². The number of carboxylic acids is 1. The fourth-order valence-electron chi connectivity index (χ4n) is 2.43. The molecule has 0 aromatic heterocycles. The Morgan fingerprint density at radius 1 is 1.30 bits per heavy atom. The number of nitrogens with zero attached hydrogens (tertiary/aromatic N) is 1. The van der Waals surface area contributed by atoms with Gasteiger partial charge in [-0.15, -0.1) is 0 Å². The van der Waals surface area contributed by atoms with Crippen molar-refractivity contribution >= 4 is 29.5 Å². The number of carboxylic acid groups (broad SMARTS) is 1. The minimum atomic E-state index is -1.00. The predicted octanol–water partition coefficient (Wildman–Crippen LogP) is 2.28. The van der Waals surface area contributed by atoms with Crippen LogP contribution in [-0.2, 0) is 4.79 Å². The van der Waals surface area contributed by atoms with Gasteiger partial charge >= 0.3 is 5.97 Å². The van der Waals surface area contributed by atoms with E-state index in [4.69, 9.17) is 22.1 Å². The minimum Gasteiger partial charge on any atom is -0.482 e. The first-order valence-corrected chi connectivity index (χ1v) is 8.08. The summed E-state index contributed by atoms with van der Waals surface area (Å²) in [5, 5.41) is 16.4. The molecule has 7 heteroatoms. The SMILES string of the molecule is O=C(O)COc1ccc(/C=N\NC(=S)NC2CCCCC2)cc1. The Kier molecular flexibility index (Phi) is 6.80. The maximum atomic E-state index is 10.4. The van der Waals surface area contributed by atoms with Gasteiger partial charge in [0.1, 0.15) is 5.75 Å². The zero-order chi connectivity index (χ0) is 16.5. The molecule has 6 nitrogen and oxygen atoms in total. The number of aliphatic carboxylic acids is 1. The quantitative estimate of drug-likeness (QED) is 0.420. The largest absolute Gasteiger partial charge is 0.482 e. The number of ether oxygens (including phenoxy) is 1. The van der Waals surface area contributed by atoms with E-state index in [2.05, 4.69) is 15.8 Å². The lowest BCUT2D eigenvalue weighted by molar-refractivity contribution is -0.139. The van der Waals surface area contributed by atoms with Crippen molar-refractivity contribution in [1.29, 1.82) is 0 Å². The molecule has 1 fully saturated rings. The molecule has 0 heterocycles. The van der Waals surface area contributed by atoms with Gasteiger partial charge < -0.3 is 15.2 Å². The number of benzene rings is 1. The highest BCUT2D eigenvalue weighted by Gasteiger charge is 2.13. The number of thiocarbonyl (C=S) groups is 1. The predicted molar refractivity (Wildman–Crippen MR) is 92.9 cm³/mol. The summed E-state index contributed by atoms with van der Waals surface area (Å²) in [5.74, 6) is -0.495. The van der Waals surface area contributed by atoms with Gasteiger partial charge in [0.2, 0.25) is 0 Å². The average molecular weight is 335 g/mol. The van der Waals surface area contributed by atoms with Gasteiger partial charge in [-0.2, -0.15) is 5.10 Å². The Morgan fingerprint density at radius 3 is 2.65 bits per heavy atom. The van der Waals surface area contributed by atoms with Gasteiger partial charge in [-0.05, 0) is 54.9 Å². The summed E-state index contributed by atoms with van der Waals surface area (Å²) < 4.78 is 5.06. The van der Waals surface area contributed by atoms with E-state index in [1.54, 1.807) is 30.5 Å². The third-order valence-electron chi connectivity index (χ3n) is 3.56. The number of hydrogen-bond donors (Lipinski definition) is 3. The molecule has 0 aliphatic heterocycles. The molecule has 1 saturated carbocycles. The van der Waals surface area contributed by atoms with E-state index >= 15 is 0 Å². The number of hydrogen-bond acceptors (Lipinski definition) is 4. The van der Waals surface area contributed by atoms with E-state index in [1.165, 1.54) is 19.3 Å². The lowest BCUT2D eigenvalue weighted by atomic mass is 9.96. The molecule has 0 radical (unpaired) electrons. The normalized spacial score (nSPS) is 15.3. The first kappa shape index (κ1) is 17.2. The minimum absolute atomic E-state index is 0.351. The summed E-state index contributed by atoms with van der Waals surface area (Å²) in [4.78, 5) is 10.4. The third kappa shape index (κ3) is 6.65. The second-order valence-electron chi connectivity index (χ2n) is 5.43. The van der Waals surface area contributed by atoms with Crippen LogP contribution in [0.1, 0.15) is 37.7 Å². The summed E-state index contributed by atoms with van der Waals surface area (Å²) in [7, 11) is 0. The van der Waals surface area contributed by atoms with Crippen molar-refractivity contribution in [2.75, 3.05) is 6.61 Å². The Balaban J connectivity index is 1.73. The van der Waals surface area contributed by atoms with Gasteiger partial charge in [0.15, 0.2) is 11.7 Å². The van der Waals surface area contributed by atoms with Crippen LogP contribution in [0.25, 0.3) is 0 Å². The summed E-state index contributed by atoms with van der Waals surface area (Å²) in [6.07, 6.45) is 7.77. The first-order chi connectivity index (χ1) is 11.1. The second kappa shape index (κ2) is 9.09. The second-order valence-corrected chi connectivity index (χ2v) is 5.84. The molecule has 124 valence electrons. The van der Waals surface area contributed by atoms with Crippen LogP contribution in [0, 0.1) is 0 Å². The Bertz CT molecular complexity index is 554. The lowest BCUT2D eigenvalue weighted by Crippen LogP contribution is -2.40. The van der Waals surface area contributed by atoms with E-state index < -0.39 is 5.97 Å². The summed E-state index contributed by atoms with van der Waals surface area (Å²) in [6.45, 7) is -0.351. The average Bonchev–Trinajstić information content (AvgIpc) is 2.55. The molecule has 0 atom stereocenters. The first-order valence-electron chi connectivity index (χ1n) is 7.68. The molecule has 1 aliphatic carbocycles. The number of rotatable bonds is 6. The molecule has 0 bridgehead atoms. The van der Waals surface area contributed by atoms with E-state index in [-0.39, 0.29) is 6.61 Å². The van der Waals surface area contributed by atoms with Crippen molar-refractivity contribution in [2.45, 2.75) is 38.1 Å². The van der Waals surface area contributed by atoms with Crippen molar-refractivity contribution in [3.05, 3.63) is 29.8 Å². The summed E-state index contributed by atoms with van der Waals surface area (Å²) in [5.41, 5.74) is 3.68. The molecule has 0 unspecified atom stereocenters. The number of hydrazone groups is 1. The van der Waals surface area contributed by atoms with Gasteiger partial charge in [-0.1, -0.05) is 19.3 Å². The molecule has 1 aliphatic rings. The molecule has 0 saturated heterocycles. The van der Waals surface area contributed by atoms with Gasteiger partial charge in [0, 0.05) is 6.04 Å². The molecule has 0 spiro atoms. The molecule has 2 rings (SSSR count). The Morgan fingerprint density at radius 2 is 2.00 bits per heavy atom. The van der Waals surface area contributed by atoms with Crippen LogP contribution in [-0.4, -0.2) is 35.1 Å². The highest BCUT2D eigenvalue weighted by molar-refractivity contribution is 7.80. The third-order valence-corrected chi connectivity index (χ3v) is 3.77. The van der Waals surface area contributed by atoms with Crippen LogP contribution in [0.15, 0.2) is 29.4 Å². The molecular weight excluding hydrogens is 314 g/mol.